The number of oxazole rings is 1. The molecule has 7 heteroatoms. The van der Waals surface area contributed by atoms with Crippen LogP contribution in [0.3, 0.4) is 0 Å². The number of hydrogen-bond donors (Lipinski definition) is 2. The first-order valence-corrected chi connectivity index (χ1v) is 9.35. The van der Waals surface area contributed by atoms with Crippen molar-refractivity contribution in [1.29, 1.82) is 0 Å². The molecule has 150 valence electrons. The molecule has 0 bridgehead atoms. The predicted octanol–water partition coefficient (Wildman–Crippen LogP) is 5.11. The Labute approximate surface area is 172 Å². The molecule has 6 nitrogen and oxygen atoms in total. The Hall–Kier alpha value is -4.00. The number of carbonyl (C=O) groups is 1. The molecule has 2 heterocycles. The Balaban J connectivity index is 1.45. The fourth-order valence-corrected chi connectivity index (χ4v) is 2.92. The highest BCUT2D eigenvalue weighted by Gasteiger charge is 2.10. The van der Waals surface area contributed by atoms with Crippen LogP contribution in [0, 0.1) is 12.7 Å². The number of anilines is 3. The molecule has 0 unspecified atom stereocenters. The van der Waals surface area contributed by atoms with Gasteiger partial charge >= 0.3 is 0 Å². The van der Waals surface area contributed by atoms with Gasteiger partial charge in [0.05, 0.1) is 12.6 Å². The summed E-state index contributed by atoms with van der Waals surface area (Å²) in [6.45, 7) is 1.94. The molecule has 4 aromatic rings. The molecule has 0 atom stereocenters. The van der Waals surface area contributed by atoms with Crippen LogP contribution in [0.25, 0.3) is 11.3 Å². The van der Waals surface area contributed by atoms with E-state index in [1.165, 1.54) is 12.1 Å². The molecular formula is C23H19FN4O2. The quantitative estimate of drug-likeness (QED) is 0.469. The van der Waals surface area contributed by atoms with Crippen LogP contribution in [0.1, 0.15) is 11.1 Å². The number of aromatic nitrogens is 2. The van der Waals surface area contributed by atoms with E-state index in [-0.39, 0.29) is 18.1 Å². The van der Waals surface area contributed by atoms with Crippen molar-refractivity contribution in [3.63, 3.8) is 0 Å². The first-order chi connectivity index (χ1) is 14.6. The molecule has 0 saturated carbocycles. The summed E-state index contributed by atoms with van der Waals surface area (Å²) in [5.41, 5.74) is 3.93. The average molecular weight is 402 g/mol. The minimum absolute atomic E-state index is 0.158. The molecule has 0 fully saturated rings. The number of hydrogen-bond acceptors (Lipinski definition) is 5. The molecule has 2 aromatic carbocycles. The third kappa shape index (κ3) is 4.70. The van der Waals surface area contributed by atoms with E-state index in [0.29, 0.717) is 17.5 Å². The minimum atomic E-state index is -0.327. The number of halogens is 1. The Bertz CT molecular complexity index is 1160. The van der Waals surface area contributed by atoms with Crippen molar-refractivity contribution < 1.29 is 13.6 Å². The number of pyridine rings is 1. The van der Waals surface area contributed by atoms with Crippen LogP contribution < -0.4 is 10.6 Å². The topological polar surface area (TPSA) is 80.0 Å². The Morgan fingerprint density at radius 2 is 1.93 bits per heavy atom. The number of nitrogens with one attached hydrogen (secondary N) is 2. The lowest BCUT2D eigenvalue weighted by Gasteiger charge is -2.10. The van der Waals surface area contributed by atoms with Crippen molar-refractivity contribution in [2.75, 3.05) is 10.6 Å². The smallest absolute Gasteiger partial charge is 0.299 e. The third-order valence-corrected chi connectivity index (χ3v) is 4.49. The fourth-order valence-electron chi connectivity index (χ4n) is 2.92. The molecule has 0 saturated heterocycles. The van der Waals surface area contributed by atoms with Gasteiger partial charge in [-0.3, -0.25) is 9.78 Å². The number of nitrogens with zero attached hydrogens (tertiary/aromatic N) is 2. The van der Waals surface area contributed by atoms with Crippen molar-refractivity contribution in [2.24, 2.45) is 0 Å². The molecule has 0 aliphatic rings. The highest BCUT2D eigenvalue weighted by molar-refractivity contribution is 5.93. The van der Waals surface area contributed by atoms with Crippen molar-refractivity contribution in [3.8, 4) is 11.3 Å². The highest BCUT2D eigenvalue weighted by Crippen LogP contribution is 2.27. The highest BCUT2D eigenvalue weighted by atomic mass is 19.1. The van der Waals surface area contributed by atoms with Crippen LogP contribution in [0.4, 0.5) is 21.8 Å². The summed E-state index contributed by atoms with van der Waals surface area (Å²) in [6, 6.07) is 15.4. The fraction of sp³-hybridized carbons (Fsp3) is 0.0870. The third-order valence-electron chi connectivity index (χ3n) is 4.49. The summed E-state index contributed by atoms with van der Waals surface area (Å²) in [4.78, 5) is 20.7. The summed E-state index contributed by atoms with van der Waals surface area (Å²) < 4.78 is 18.8. The lowest BCUT2D eigenvalue weighted by molar-refractivity contribution is -0.115. The maximum Gasteiger partial charge on any atom is 0.299 e. The van der Waals surface area contributed by atoms with Gasteiger partial charge in [-0.1, -0.05) is 18.2 Å². The van der Waals surface area contributed by atoms with E-state index in [1.54, 1.807) is 30.7 Å². The lowest BCUT2D eigenvalue weighted by Crippen LogP contribution is -2.14. The van der Waals surface area contributed by atoms with Gasteiger partial charge in [0.1, 0.15) is 5.82 Å². The van der Waals surface area contributed by atoms with E-state index in [2.05, 4.69) is 20.6 Å². The Kier molecular flexibility index (Phi) is 5.52. The van der Waals surface area contributed by atoms with Gasteiger partial charge in [0.15, 0.2) is 5.76 Å². The van der Waals surface area contributed by atoms with Gasteiger partial charge in [-0.15, -0.1) is 0 Å². The van der Waals surface area contributed by atoms with Crippen molar-refractivity contribution >= 4 is 23.3 Å². The first-order valence-electron chi connectivity index (χ1n) is 9.35. The van der Waals surface area contributed by atoms with E-state index >= 15 is 0 Å². The maximum absolute atomic E-state index is 13.0. The van der Waals surface area contributed by atoms with E-state index in [4.69, 9.17) is 4.42 Å². The van der Waals surface area contributed by atoms with Crippen LogP contribution in [0.5, 0.6) is 0 Å². The molecule has 30 heavy (non-hydrogen) atoms. The molecule has 0 aliphatic carbocycles. The zero-order valence-corrected chi connectivity index (χ0v) is 16.2. The van der Waals surface area contributed by atoms with Gasteiger partial charge in [-0.2, -0.15) is 0 Å². The zero-order chi connectivity index (χ0) is 20.9. The van der Waals surface area contributed by atoms with Gasteiger partial charge in [-0.05, 0) is 54.4 Å². The summed E-state index contributed by atoms with van der Waals surface area (Å²) in [6.07, 6.45) is 5.18. The summed E-state index contributed by atoms with van der Waals surface area (Å²) >= 11 is 0. The second-order valence-electron chi connectivity index (χ2n) is 6.78. The van der Waals surface area contributed by atoms with Crippen LogP contribution in [-0.2, 0) is 11.2 Å². The molecule has 4 rings (SSSR count). The first kappa shape index (κ1) is 19.3. The molecule has 0 radical (unpaired) electrons. The SMILES string of the molecule is Cc1ccc(NC(=O)Cc2ccc(F)cc2)cc1Nc1ncc(-c2cccnc2)o1. The zero-order valence-electron chi connectivity index (χ0n) is 16.2. The molecule has 2 N–H and O–H groups in total. The van der Waals surface area contributed by atoms with E-state index < -0.39 is 0 Å². The minimum Gasteiger partial charge on any atom is -0.423 e. The Morgan fingerprint density at radius 3 is 2.70 bits per heavy atom. The summed E-state index contributed by atoms with van der Waals surface area (Å²) in [7, 11) is 0. The summed E-state index contributed by atoms with van der Waals surface area (Å²) in [5.74, 6) is 0.0880. The monoisotopic (exact) mass is 402 g/mol. The average Bonchev–Trinajstić information content (AvgIpc) is 3.21. The number of benzene rings is 2. The van der Waals surface area contributed by atoms with E-state index in [9.17, 15) is 9.18 Å². The van der Waals surface area contributed by atoms with E-state index in [0.717, 1.165) is 22.4 Å². The van der Waals surface area contributed by atoms with Crippen LogP contribution in [0.2, 0.25) is 0 Å². The van der Waals surface area contributed by atoms with Crippen LogP contribution in [0.15, 0.2) is 77.6 Å². The molecular weight excluding hydrogens is 383 g/mol. The molecule has 0 spiro atoms. The van der Waals surface area contributed by atoms with Gasteiger partial charge in [-0.25, -0.2) is 9.37 Å². The summed E-state index contributed by atoms with van der Waals surface area (Å²) in [5, 5.41) is 6.00. The largest absolute Gasteiger partial charge is 0.423 e. The van der Waals surface area contributed by atoms with E-state index in [1.807, 2.05) is 37.3 Å². The van der Waals surface area contributed by atoms with Gasteiger partial charge in [0.2, 0.25) is 5.91 Å². The van der Waals surface area contributed by atoms with Gasteiger partial charge in [0, 0.05) is 29.3 Å². The number of aryl methyl sites for hydroxylation is 1. The number of amides is 1. The Morgan fingerprint density at radius 1 is 1.10 bits per heavy atom. The second kappa shape index (κ2) is 8.57. The molecule has 0 aliphatic heterocycles. The van der Waals surface area contributed by atoms with Crippen molar-refractivity contribution in [1.82, 2.24) is 9.97 Å². The van der Waals surface area contributed by atoms with Gasteiger partial charge in [0.25, 0.3) is 6.01 Å². The number of carbonyl (C=O) groups excluding carboxylic acids is 1. The molecule has 1 amide bonds. The van der Waals surface area contributed by atoms with Crippen LogP contribution in [-0.4, -0.2) is 15.9 Å². The van der Waals surface area contributed by atoms with Crippen LogP contribution >= 0.6 is 0 Å². The normalized spacial score (nSPS) is 10.6. The van der Waals surface area contributed by atoms with Gasteiger partial charge < -0.3 is 15.1 Å². The van der Waals surface area contributed by atoms with Crippen molar-refractivity contribution in [2.45, 2.75) is 13.3 Å². The predicted molar refractivity (Wildman–Crippen MR) is 113 cm³/mol. The van der Waals surface area contributed by atoms with Crippen molar-refractivity contribution in [3.05, 3.63) is 90.1 Å². The standard InChI is InChI=1S/C23H19FN4O2/c1-15-4-9-19(27-22(29)11-16-5-7-18(24)8-6-16)12-20(15)28-23-26-14-21(30-23)17-3-2-10-25-13-17/h2-10,12-14H,11H2,1H3,(H,26,28)(H,27,29). The maximum atomic E-state index is 13.0. The lowest BCUT2D eigenvalue weighted by atomic mass is 10.1. The number of rotatable bonds is 6. The molecule has 2 aromatic heterocycles. The second-order valence-corrected chi connectivity index (χ2v) is 6.78.